The summed E-state index contributed by atoms with van der Waals surface area (Å²) < 4.78 is 17.1. The third-order valence-electron chi connectivity index (χ3n) is 4.05. The molecule has 1 aromatic carbocycles. The van der Waals surface area contributed by atoms with Gasteiger partial charge in [-0.1, -0.05) is 32.9 Å². The average Bonchev–Trinajstić information content (AvgIpc) is 3.22. The molecule has 3 rings (SSSR count). The van der Waals surface area contributed by atoms with E-state index in [0.717, 1.165) is 34.6 Å². The smallest absolute Gasteiger partial charge is 0.270 e. The second kappa shape index (κ2) is 6.94. The number of aryl methyl sites for hydroxylation is 2. The Balaban J connectivity index is 1.89. The van der Waals surface area contributed by atoms with Gasteiger partial charge in [0.2, 0.25) is 5.89 Å². The van der Waals surface area contributed by atoms with Gasteiger partial charge in [0.25, 0.3) is 5.89 Å². The Hall–Kier alpha value is -2.63. The molecule has 2 aromatic heterocycles. The van der Waals surface area contributed by atoms with Crippen molar-refractivity contribution in [3.63, 3.8) is 0 Å². The summed E-state index contributed by atoms with van der Waals surface area (Å²) in [5.41, 5.74) is 3.37. The topological polar surface area (TPSA) is 74.2 Å². The van der Waals surface area contributed by atoms with Crippen molar-refractivity contribution in [2.45, 2.75) is 53.4 Å². The van der Waals surface area contributed by atoms with E-state index in [1.165, 1.54) is 0 Å². The first-order valence-electron chi connectivity index (χ1n) is 8.85. The molecule has 0 radical (unpaired) electrons. The monoisotopic (exact) mass is 355 g/mol. The molecule has 3 aromatic rings. The minimum Gasteiger partial charge on any atom is -0.493 e. The van der Waals surface area contributed by atoms with Crippen LogP contribution < -0.4 is 4.74 Å². The number of ether oxygens (including phenoxy) is 1. The molecule has 6 heteroatoms. The maximum absolute atomic E-state index is 5.83. The molecule has 0 aliphatic carbocycles. The number of rotatable bonds is 5. The van der Waals surface area contributed by atoms with Gasteiger partial charge in [-0.25, -0.2) is 0 Å². The first kappa shape index (κ1) is 18.2. The molecule has 6 nitrogen and oxygen atoms in total. The van der Waals surface area contributed by atoms with Crippen molar-refractivity contribution in [3.8, 4) is 28.8 Å². The van der Waals surface area contributed by atoms with E-state index in [4.69, 9.17) is 13.7 Å². The molecule has 0 saturated carbocycles. The third-order valence-corrected chi connectivity index (χ3v) is 4.05. The van der Waals surface area contributed by atoms with Gasteiger partial charge in [0.15, 0.2) is 5.69 Å². The van der Waals surface area contributed by atoms with Crippen molar-refractivity contribution in [1.82, 2.24) is 15.4 Å². The zero-order chi connectivity index (χ0) is 18.9. The van der Waals surface area contributed by atoms with Gasteiger partial charge in [0, 0.05) is 17.0 Å². The van der Waals surface area contributed by atoms with Gasteiger partial charge in [-0.05, 0) is 43.5 Å². The lowest BCUT2D eigenvalue weighted by atomic mass is 9.93. The van der Waals surface area contributed by atoms with E-state index in [9.17, 15) is 0 Å². The van der Waals surface area contributed by atoms with E-state index < -0.39 is 0 Å². The van der Waals surface area contributed by atoms with Crippen LogP contribution in [0.3, 0.4) is 0 Å². The standard InChI is InChI=1S/C20H25N3O3/c1-7-8-24-17-12(2)9-14(10-13(17)3)18-21-22-19(25-18)15-11-16(26-23-15)20(4,5)6/h9-11H,7-8H2,1-6H3. The lowest BCUT2D eigenvalue weighted by molar-refractivity contribution is 0.313. The maximum atomic E-state index is 5.83. The average molecular weight is 355 g/mol. The lowest BCUT2D eigenvalue weighted by Gasteiger charge is -2.12. The minimum absolute atomic E-state index is 0.128. The predicted octanol–water partition coefficient (Wildman–Crippen LogP) is 5.09. The van der Waals surface area contributed by atoms with Crippen LogP contribution in [-0.2, 0) is 5.41 Å². The van der Waals surface area contributed by atoms with Crippen LogP contribution in [0.25, 0.3) is 23.0 Å². The molecule has 0 aliphatic rings. The van der Waals surface area contributed by atoms with Crippen LogP contribution in [-0.4, -0.2) is 22.0 Å². The van der Waals surface area contributed by atoms with Crippen molar-refractivity contribution in [1.29, 1.82) is 0 Å². The maximum Gasteiger partial charge on any atom is 0.270 e. The lowest BCUT2D eigenvalue weighted by Crippen LogP contribution is -2.09. The molecule has 26 heavy (non-hydrogen) atoms. The number of aromatic nitrogens is 3. The predicted molar refractivity (Wildman–Crippen MR) is 99.2 cm³/mol. The highest BCUT2D eigenvalue weighted by Gasteiger charge is 2.22. The summed E-state index contributed by atoms with van der Waals surface area (Å²) in [5, 5.41) is 12.3. The zero-order valence-electron chi connectivity index (χ0n) is 16.2. The van der Waals surface area contributed by atoms with Gasteiger partial charge in [-0.15, -0.1) is 10.2 Å². The number of hydrogen-bond donors (Lipinski definition) is 0. The van der Waals surface area contributed by atoms with Crippen molar-refractivity contribution in [3.05, 3.63) is 35.1 Å². The van der Waals surface area contributed by atoms with Gasteiger partial charge in [-0.2, -0.15) is 0 Å². The van der Waals surface area contributed by atoms with Gasteiger partial charge < -0.3 is 13.7 Å². The van der Waals surface area contributed by atoms with E-state index in [-0.39, 0.29) is 5.41 Å². The molecular weight excluding hydrogens is 330 g/mol. The van der Waals surface area contributed by atoms with Gasteiger partial charge in [0.1, 0.15) is 11.5 Å². The molecule has 0 aliphatic heterocycles. The summed E-state index contributed by atoms with van der Waals surface area (Å²) in [7, 11) is 0. The first-order chi connectivity index (χ1) is 12.3. The van der Waals surface area contributed by atoms with Crippen LogP contribution in [0.2, 0.25) is 0 Å². The SMILES string of the molecule is CCCOc1c(C)cc(-c2nnc(-c3cc(C(C)(C)C)on3)o2)cc1C. The fourth-order valence-corrected chi connectivity index (χ4v) is 2.68. The van der Waals surface area contributed by atoms with E-state index in [0.29, 0.717) is 24.1 Å². The molecule has 0 saturated heterocycles. The number of nitrogens with zero attached hydrogens (tertiary/aromatic N) is 3. The first-order valence-corrected chi connectivity index (χ1v) is 8.85. The Morgan fingerprint density at radius 1 is 1.00 bits per heavy atom. The van der Waals surface area contributed by atoms with E-state index in [1.54, 1.807) is 0 Å². The molecular formula is C20H25N3O3. The summed E-state index contributed by atoms with van der Waals surface area (Å²) in [6.45, 7) is 13.0. The Kier molecular flexibility index (Phi) is 4.85. The van der Waals surface area contributed by atoms with Crippen molar-refractivity contribution >= 4 is 0 Å². The quantitative estimate of drug-likeness (QED) is 0.634. The molecule has 2 heterocycles. The van der Waals surface area contributed by atoms with E-state index in [2.05, 4.69) is 43.0 Å². The van der Waals surface area contributed by atoms with Crippen LogP contribution in [0.15, 0.2) is 27.1 Å². The van der Waals surface area contributed by atoms with E-state index in [1.807, 2.05) is 32.0 Å². The minimum atomic E-state index is -0.128. The Morgan fingerprint density at radius 2 is 1.65 bits per heavy atom. The number of benzene rings is 1. The van der Waals surface area contributed by atoms with Gasteiger partial charge >= 0.3 is 0 Å². The number of hydrogen-bond acceptors (Lipinski definition) is 6. The van der Waals surface area contributed by atoms with Crippen molar-refractivity contribution < 1.29 is 13.7 Å². The summed E-state index contributed by atoms with van der Waals surface area (Å²) >= 11 is 0. The molecule has 0 unspecified atom stereocenters. The highest BCUT2D eigenvalue weighted by atomic mass is 16.5. The molecule has 0 bridgehead atoms. The van der Waals surface area contributed by atoms with Crippen molar-refractivity contribution in [2.75, 3.05) is 6.61 Å². The second-order valence-corrected chi connectivity index (χ2v) is 7.53. The van der Waals surface area contributed by atoms with Crippen LogP contribution in [0, 0.1) is 13.8 Å². The fraction of sp³-hybridized carbons (Fsp3) is 0.450. The van der Waals surface area contributed by atoms with Gasteiger partial charge in [0.05, 0.1) is 6.61 Å². The van der Waals surface area contributed by atoms with Crippen LogP contribution in [0.1, 0.15) is 51.0 Å². The van der Waals surface area contributed by atoms with Crippen LogP contribution >= 0.6 is 0 Å². The summed E-state index contributed by atoms with van der Waals surface area (Å²) in [6.07, 6.45) is 0.974. The second-order valence-electron chi connectivity index (χ2n) is 7.53. The largest absolute Gasteiger partial charge is 0.493 e. The third kappa shape index (κ3) is 3.64. The summed E-state index contributed by atoms with van der Waals surface area (Å²) in [5.74, 6) is 2.49. The van der Waals surface area contributed by atoms with Gasteiger partial charge in [-0.3, -0.25) is 0 Å². The van der Waals surface area contributed by atoms with Crippen LogP contribution in [0.4, 0.5) is 0 Å². The highest BCUT2D eigenvalue weighted by molar-refractivity contribution is 5.61. The highest BCUT2D eigenvalue weighted by Crippen LogP contribution is 2.32. The zero-order valence-corrected chi connectivity index (χ0v) is 16.2. The fourth-order valence-electron chi connectivity index (χ4n) is 2.68. The molecule has 138 valence electrons. The van der Waals surface area contributed by atoms with Crippen LogP contribution in [0.5, 0.6) is 5.75 Å². The molecule has 0 fully saturated rings. The normalized spacial score (nSPS) is 11.8. The van der Waals surface area contributed by atoms with Crippen molar-refractivity contribution in [2.24, 2.45) is 0 Å². The Bertz CT molecular complexity index is 880. The molecule has 0 atom stereocenters. The summed E-state index contributed by atoms with van der Waals surface area (Å²) in [4.78, 5) is 0. The van der Waals surface area contributed by atoms with E-state index >= 15 is 0 Å². The summed E-state index contributed by atoms with van der Waals surface area (Å²) in [6, 6.07) is 5.84. The molecule has 0 N–H and O–H groups in total. The molecule has 0 amide bonds. The Morgan fingerprint density at radius 3 is 2.23 bits per heavy atom. The Labute approximate surface area is 153 Å². The molecule has 0 spiro atoms.